The van der Waals surface area contributed by atoms with Gasteiger partial charge in [0.2, 0.25) is 0 Å². The van der Waals surface area contributed by atoms with Crippen LogP contribution in [0.4, 0.5) is 5.69 Å². The van der Waals surface area contributed by atoms with Crippen LogP contribution in [0.5, 0.6) is 0 Å². The number of carbonyl (C=O) groups is 1. The smallest absolute Gasteiger partial charge is 0.412 e. The average molecular weight is 338 g/mol. The first kappa shape index (κ1) is 20.6. The molecule has 20 heavy (non-hydrogen) atoms. The SMILES string of the molecule is CN(C(=O)c1cccnc1)c1cc[c]([Ge])cc1.O.O.O. The van der Waals surface area contributed by atoms with Gasteiger partial charge in [0.25, 0.3) is 0 Å². The van der Waals surface area contributed by atoms with Gasteiger partial charge in [-0.05, 0) is 0 Å². The summed E-state index contributed by atoms with van der Waals surface area (Å²) in [5, 5.41) is 0. The van der Waals surface area contributed by atoms with Crippen molar-refractivity contribution in [3.8, 4) is 0 Å². The number of nitrogens with zero attached hydrogens (tertiary/aromatic N) is 2. The molecule has 107 valence electrons. The second-order valence-electron chi connectivity index (χ2n) is 3.65. The van der Waals surface area contributed by atoms with Crippen LogP contribution in [0.2, 0.25) is 0 Å². The quantitative estimate of drug-likeness (QED) is 0.629. The minimum atomic E-state index is -0.0537. The Morgan fingerprint density at radius 3 is 2.20 bits per heavy atom. The van der Waals surface area contributed by atoms with Crippen LogP contribution < -0.4 is 9.30 Å². The van der Waals surface area contributed by atoms with E-state index < -0.39 is 0 Å². The molecular formula is C13H17GeN2O4. The van der Waals surface area contributed by atoms with Gasteiger partial charge in [-0.1, -0.05) is 0 Å². The van der Waals surface area contributed by atoms with Gasteiger partial charge in [-0.2, -0.15) is 0 Å². The summed E-state index contributed by atoms with van der Waals surface area (Å²) in [6.45, 7) is 0. The van der Waals surface area contributed by atoms with Crippen molar-refractivity contribution in [3.63, 3.8) is 0 Å². The number of pyridine rings is 1. The third-order valence-corrected chi connectivity index (χ3v) is 3.17. The third-order valence-electron chi connectivity index (χ3n) is 2.47. The van der Waals surface area contributed by atoms with Gasteiger partial charge in [-0.3, -0.25) is 0 Å². The van der Waals surface area contributed by atoms with Gasteiger partial charge in [0.1, 0.15) is 0 Å². The first-order valence-electron chi connectivity index (χ1n) is 5.18. The first-order valence-corrected chi connectivity index (χ1v) is 6.23. The maximum Gasteiger partial charge on any atom is -0.412 e. The molecule has 0 bridgehead atoms. The van der Waals surface area contributed by atoms with E-state index in [1.54, 1.807) is 36.5 Å². The number of aromatic nitrogens is 1. The average Bonchev–Trinajstić information content (AvgIpc) is 2.39. The second-order valence-corrected chi connectivity index (χ2v) is 4.86. The number of hydrogen-bond acceptors (Lipinski definition) is 2. The molecule has 3 radical (unpaired) electrons. The fourth-order valence-corrected chi connectivity index (χ4v) is 1.83. The first-order chi connectivity index (χ1) is 8.18. The van der Waals surface area contributed by atoms with E-state index in [4.69, 9.17) is 0 Å². The van der Waals surface area contributed by atoms with Gasteiger partial charge in [-0.25, -0.2) is 0 Å². The number of carbonyl (C=O) groups excluding carboxylic acids is 1. The van der Waals surface area contributed by atoms with Crippen LogP contribution in [0.1, 0.15) is 10.4 Å². The molecule has 0 aliphatic rings. The Morgan fingerprint density at radius 1 is 1.10 bits per heavy atom. The van der Waals surface area contributed by atoms with E-state index in [-0.39, 0.29) is 22.3 Å². The molecule has 0 saturated heterocycles. The molecule has 1 heterocycles. The number of rotatable bonds is 2. The molecule has 1 aromatic heterocycles. The molecule has 1 amide bonds. The Bertz CT molecular complexity index is 520. The Hall–Kier alpha value is -1.74. The summed E-state index contributed by atoms with van der Waals surface area (Å²) in [5.41, 5.74) is 1.47. The molecule has 0 atom stereocenters. The van der Waals surface area contributed by atoms with E-state index in [1.807, 2.05) is 40.8 Å². The minimum Gasteiger partial charge on any atom is -0.412 e. The Kier molecular flexibility index (Phi) is 9.48. The summed E-state index contributed by atoms with van der Waals surface area (Å²) in [5.74, 6) is -0.0537. The summed E-state index contributed by atoms with van der Waals surface area (Å²) in [4.78, 5) is 17.7. The standard InChI is InChI=1S/C13H11GeN2O.3H2O/c1-16(12-6-4-11(14)5-7-12)13(17)10-3-2-8-15-9-10;;;/h2-9H,1H3;3*1H2. The predicted octanol–water partition coefficient (Wildman–Crippen LogP) is -1.32. The zero-order chi connectivity index (χ0) is 12.3. The molecule has 2 rings (SSSR count). The van der Waals surface area contributed by atoms with Gasteiger partial charge in [-0.15, -0.1) is 0 Å². The van der Waals surface area contributed by atoms with Gasteiger partial charge in [0, 0.05) is 0 Å². The largest absolute Gasteiger partial charge is 0.412 e. The molecule has 0 aliphatic heterocycles. The Morgan fingerprint density at radius 2 is 1.70 bits per heavy atom. The maximum atomic E-state index is 12.1. The zero-order valence-corrected chi connectivity index (χ0v) is 13.0. The fraction of sp³-hybridized carbons (Fsp3) is 0.0769. The molecule has 7 heteroatoms. The maximum absolute atomic E-state index is 12.1. The van der Waals surface area contributed by atoms with Crippen LogP contribution in [0.15, 0.2) is 48.8 Å². The van der Waals surface area contributed by atoms with E-state index in [2.05, 4.69) is 4.98 Å². The van der Waals surface area contributed by atoms with E-state index in [9.17, 15) is 4.79 Å². The second kappa shape index (κ2) is 9.21. The van der Waals surface area contributed by atoms with E-state index >= 15 is 0 Å². The Labute approximate surface area is 125 Å². The third kappa shape index (κ3) is 4.74. The van der Waals surface area contributed by atoms with Crippen LogP contribution in [0.3, 0.4) is 0 Å². The van der Waals surface area contributed by atoms with Crippen molar-refractivity contribution in [2.75, 3.05) is 11.9 Å². The minimum absolute atomic E-state index is 0. The molecule has 0 spiro atoms. The predicted molar refractivity (Wildman–Crippen MR) is 79.6 cm³/mol. The number of benzene rings is 1. The van der Waals surface area contributed by atoms with Crippen molar-refractivity contribution >= 4 is 32.5 Å². The van der Waals surface area contributed by atoms with Crippen molar-refractivity contribution in [2.24, 2.45) is 0 Å². The van der Waals surface area contributed by atoms with Crippen LogP contribution in [0.25, 0.3) is 0 Å². The van der Waals surface area contributed by atoms with Gasteiger partial charge < -0.3 is 16.4 Å². The van der Waals surface area contributed by atoms with Crippen LogP contribution in [0, 0.1) is 0 Å². The molecule has 2 aromatic rings. The summed E-state index contributed by atoms with van der Waals surface area (Å²) in [6.07, 6.45) is 3.23. The summed E-state index contributed by atoms with van der Waals surface area (Å²) >= 11 is 2.02. The number of hydrogen-bond donors (Lipinski definition) is 0. The van der Waals surface area contributed by atoms with Gasteiger partial charge >= 0.3 is 109 Å². The van der Waals surface area contributed by atoms with Crippen molar-refractivity contribution < 1.29 is 21.2 Å². The van der Waals surface area contributed by atoms with Crippen molar-refractivity contribution in [3.05, 3.63) is 54.4 Å². The molecule has 0 fully saturated rings. The number of anilines is 1. The summed E-state index contributed by atoms with van der Waals surface area (Å²) < 4.78 is 1.18. The molecule has 0 aliphatic carbocycles. The number of amides is 1. The van der Waals surface area contributed by atoms with Crippen LogP contribution in [-0.4, -0.2) is 50.9 Å². The molecule has 6 N–H and O–H groups in total. The molecule has 0 unspecified atom stereocenters. The topological polar surface area (TPSA) is 128 Å². The van der Waals surface area contributed by atoms with E-state index in [1.165, 1.54) is 4.40 Å². The van der Waals surface area contributed by atoms with Crippen LogP contribution >= 0.6 is 0 Å². The monoisotopic (exact) mass is 339 g/mol. The fourth-order valence-electron chi connectivity index (χ4n) is 1.49. The van der Waals surface area contributed by atoms with Crippen LogP contribution in [-0.2, 0) is 0 Å². The Balaban J connectivity index is 0. The molecular weight excluding hydrogens is 321 g/mol. The summed E-state index contributed by atoms with van der Waals surface area (Å²) in [7, 11) is 1.76. The normalized spacial score (nSPS) is 8.50. The van der Waals surface area contributed by atoms with Crippen molar-refractivity contribution in [2.45, 2.75) is 0 Å². The molecule has 0 saturated carbocycles. The van der Waals surface area contributed by atoms with E-state index in [0.717, 1.165) is 5.69 Å². The van der Waals surface area contributed by atoms with Gasteiger partial charge in [0.15, 0.2) is 0 Å². The summed E-state index contributed by atoms with van der Waals surface area (Å²) in [6, 6.07) is 11.4. The van der Waals surface area contributed by atoms with E-state index in [0.29, 0.717) is 5.56 Å². The zero-order valence-electron chi connectivity index (χ0n) is 10.9. The van der Waals surface area contributed by atoms with Crippen molar-refractivity contribution in [1.29, 1.82) is 0 Å². The molecule has 6 nitrogen and oxygen atoms in total. The van der Waals surface area contributed by atoms with Gasteiger partial charge in [0.05, 0.1) is 0 Å². The molecule has 1 aromatic carbocycles. The van der Waals surface area contributed by atoms with Crippen molar-refractivity contribution in [1.82, 2.24) is 4.98 Å².